The normalized spacial score (nSPS) is 27.3. The fraction of sp³-hybridized carbons (Fsp3) is 0.786. The number of nitrogens with zero attached hydrogens (tertiary/aromatic N) is 2. The Labute approximate surface area is 114 Å². The summed E-state index contributed by atoms with van der Waals surface area (Å²) in [5.74, 6) is 0.679. The topological polar surface area (TPSA) is 48.3 Å². The molecule has 1 aromatic rings. The smallest absolute Gasteiger partial charge is 0.111 e. The lowest BCUT2D eigenvalue weighted by Gasteiger charge is -2.32. The minimum Gasteiger partial charge on any atom is -0.381 e. The zero-order chi connectivity index (χ0) is 13.1. The SMILES string of the molecule is CC(C1CCOCC1)n1cncc1C1CNCCO1. The Kier molecular flexibility index (Phi) is 4.15. The highest BCUT2D eigenvalue weighted by molar-refractivity contribution is 5.06. The lowest BCUT2D eigenvalue weighted by Crippen LogP contribution is -2.35. The molecule has 0 spiro atoms. The predicted molar refractivity (Wildman–Crippen MR) is 72.0 cm³/mol. The molecule has 1 N–H and O–H groups in total. The molecule has 3 heterocycles. The Morgan fingerprint density at radius 2 is 2.21 bits per heavy atom. The zero-order valence-electron chi connectivity index (χ0n) is 11.5. The summed E-state index contributed by atoms with van der Waals surface area (Å²) in [4.78, 5) is 4.34. The van der Waals surface area contributed by atoms with Crippen LogP contribution >= 0.6 is 0 Å². The number of morpholine rings is 1. The first-order chi connectivity index (χ1) is 9.36. The third-order valence-electron chi connectivity index (χ3n) is 4.34. The number of hydrogen-bond donors (Lipinski definition) is 1. The van der Waals surface area contributed by atoms with E-state index < -0.39 is 0 Å². The van der Waals surface area contributed by atoms with Gasteiger partial charge in [-0.05, 0) is 25.7 Å². The highest BCUT2D eigenvalue weighted by atomic mass is 16.5. The van der Waals surface area contributed by atoms with Crippen molar-refractivity contribution < 1.29 is 9.47 Å². The van der Waals surface area contributed by atoms with Crippen LogP contribution in [0, 0.1) is 5.92 Å². The average molecular weight is 265 g/mol. The molecule has 1 aromatic heterocycles. The van der Waals surface area contributed by atoms with E-state index in [2.05, 4.69) is 21.8 Å². The van der Waals surface area contributed by atoms with Crippen molar-refractivity contribution in [3.05, 3.63) is 18.2 Å². The average Bonchev–Trinajstić information content (AvgIpc) is 2.98. The van der Waals surface area contributed by atoms with Crippen LogP contribution in [0.15, 0.2) is 12.5 Å². The molecule has 0 aromatic carbocycles. The number of aromatic nitrogens is 2. The first-order valence-corrected chi connectivity index (χ1v) is 7.28. The highest BCUT2D eigenvalue weighted by Gasteiger charge is 2.26. The monoisotopic (exact) mass is 265 g/mol. The summed E-state index contributed by atoms with van der Waals surface area (Å²) in [5, 5.41) is 3.38. The van der Waals surface area contributed by atoms with Gasteiger partial charge in [0, 0.05) is 32.3 Å². The summed E-state index contributed by atoms with van der Waals surface area (Å²) in [6.07, 6.45) is 6.32. The maximum absolute atomic E-state index is 5.85. The second-order valence-corrected chi connectivity index (χ2v) is 5.48. The van der Waals surface area contributed by atoms with Crippen LogP contribution in [0.4, 0.5) is 0 Å². The van der Waals surface area contributed by atoms with Crippen LogP contribution in [0.5, 0.6) is 0 Å². The molecular weight excluding hydrogens is 242 g/mol. The molecule has 19 heavy (non-hydrogen) atoms. The molecule has 2 saturated heterocycles. The van der Waals surface area contributed by atoms with E-state index in [0.717, 1.165) is 45.8 Å². The molecule has 106 valence electrons. The van der Waals surface area contributed by atoms with Gasteiger partial charge in [0.15, 0.2) is 0 Å². The first-order valence-electron chi connectivity index (χ1n) is 7.28. The molecule has 2 atom stereocenters. The van der Waals surface area contributed by atoms with Gasteiger partial charge >= 0.3 is 0 Å². The number of rotatable bonds is 3. The molecule has 0 bridgehead atoms. The van der Waals surface area contributed by atoms with Crippen molar-refractivity contribution >= 4 is 0 Å². The molecule has 2 aliphatic rings. The van der Waals surface area contributed by atoms with Crippen LogP contribution in [0.3, 0.4) is 0 Å². The summed E-state index contributed by atoms with van der Waals surface area (Å²) >= 11 is 0. The van der Waals surface area contributed by atoms with Gasteiger partial charge in [0.2, 0.25) is 0 Å². The summed E-state index contributed by atoms with van der Waals surface area (Å²) in [6.45, 7) is 6.67. The van der Waals surface area contributed by atoms with Crippen LogP contribution in [-0.2, 0) is 9.47 Å². The molecule has 0 saturated carbocycles. The Bertz CT molecular complexity index is 395. The van der Waals surface area contributed by atoms with E-state index >= 15 is 0 Å². The van der Waals surface area contributed by atoms with Gasteiger partial charge in [-0.25, -0.2) is 4.98 Å². The van der Waals surface area contributed by atoms with Gasteiger partial charge < -0.3 is 19.4 Å². The maximum atomic E-state index is 5.85. The lowest BCUT2D eigenvalue weighted by molar-refractivity contribution is 0.0181. The van der Waals surface area contributed by atoms with Crippen molar-refractivity contribution in [1.29, 1.82) is 0 Å². The van der Waals surface area contributed by atoms with Gasteiger partial charge in [0.05, 0.1) is 24.8 Å². The van der Waals surface area contributed by atoms with Crippen molar-refractivity contribution in [1.82, 2.24) is 14.9 Å². The Hall–Kier alpha value is -0.910. The van der Waals surface area contributed by atoms with Gasteiger partial charge in [-0.15, -0.1) is 0 Å². The van der Waals surface area contributed by atoms with Gasteiger partial charge in [-0.2, -0.15) is 0 Å². The first kappa shape index (κ1) is 13.1. The Morgan fingerprint density at radius 1 is 1.37 bits per heavy atom. The van der Waals surface area contributed by atoms with Gasteiger partial charge in [0.1, 0.15) is 6.10 Å². The standard InChI is InChI=1S/C14H23N3O2/c1-11(12-2-5-18-6-3-12)17-10-16-8-13(17)14-9-15-4-7-19-14/h8,10-12,14-15H,2-7,9H2,1H3. The van der Waals surface area contributed by atoms with Crippen molar-refractivity contribution in [3.8, 4) is 0 Å². The number of imidazole rings is 1. The van der Waals surface area contributed by atoms with E-state index in [0.29, 0.717) is 12.0 Å². The van der Waals surface area contributed by atoms with Crippen molar-refractivity contribution in [3.63, 3.8) is 0 Å². The highest BCUT2D eigenvalue weighted by Crippen LogP contribution is 2.30. The van der Waals surface area contributed by atoms with E-state index in [9.17, 15) is 0 Å². The van der Waals surface area contributed by atoms with E-state index in [1.807, 2.05) is 12.5 Å². The minimum atomic E-state index is 0.138. The molecule has 0 amide bonds. The van der Waals surface area contributed by atoms with Crippen molar-refractivity contribution in [2.24, 2.45) is 5.92 Å². The minimum absolute atomic E-state index is 0.138. The van der Waals surface area contributed by atoms with Crippen LogP contribution < -0.4 is 5.32 Å². The van der Waals surface area contributed by atoms with Gasteiger partial charge in [0.25, 0.3) is 0 Å². The Balaban J connectivity index is 1.74. The third-order valence-corrected chi connectivity index (χ3v) is 4.34. The summed E-state index contributed by atoms with van der Waals surface area (Å²) in [5.41, 5.74) is 1.20. The molecule has 5 heteroatoms. The lowest BCUT2D eigenvalue weighted by atomic mass is 9.92. The predicted octanol–water partition coefficient (Wildman–Crippen LogP) is 1.53. The van der Waals surface area contributed by atoms with E-state index in [1.165, 1.54) is 5.69 Å². The van der Waals surface area contributed by atoms with Crippen LogP contribution in [0.2, 0.25) is 0 Å². The molecule has 2 aliphatic heterocycles. The van der Waals surface area contributed by atoms with Crippen LogP contribution in [0.1, 0.15) is 37.6 Å². The second-order valence-electron chi connectivity index (χ2n) is 5.48. The number of ether oxygens (including phenoxy) is 2. The van der Waals surface area contributed by atoms with E-state index in [1.54, 1.807) is 0 Å². The molecular formula is C14H23N3O2. The third kappa shape index (κ3) is 2.83. The number of nitrogens with one attached hydrogen (secondary N) is 1. The largest absolute Gasteiger partial charge is 0.381 e. The van der Waals surface area contributed by atoms with E-state index in [4.69, 9.17) is 9.47 Å². The maximum Gasteiger partial charge on any atom is 0.111 e. The van der Waals surface area contributed by atoms with Crippen LogP contribution in [-0.4, -0.2) is 42.5 Å². The number of hydrogen-bond acceptors (Lipinski definition) is 4. The quantitative estimate of drug-likeness (QED) is 0.900. The second kappa shape index (κ2) is 6.03. The molecule has 5 nitrogen and oxygen atoms in total. The van der Waals surface area contributed by atoms with E-state index in [-0.39, 0.29) is 6.10 Å². The summed E-state index contributed by atoms with van der Waals surface area (Å²) in [7, 11) is 0. The Morgan fingerprint density at radius 3 is 2.95 bits per heavy atom. The van der Waals surface area contributed by atoms with Gasteiger partial charge in [-0.3, -0.25) is 0 Å². The fourth-order valence-corrected chi connectivity index (χ4v) is 3.09. The van der Waals surface area contributed by atoms with Crippen molar-refractivity contribution in [2.75, 3.05) is 32.9 Å². The zero-order valence-corrected chi connectivity index (χ0v) is 11.5. The summed E-state index contributed by atoms with van der Waals surface area (Å²) < 4.78 is 13.6. The van der Waals surface area contributed by atoms with Crippen LogP contribution in [0.25, 0.3) is 0 Å². The fourth-order valence-electron chi connectivity index (χ4n) is 3.09. The van der Waals surface area contributed by atoms with Gasteiger partial charge in [-0.1, -0.05) is 0 Å². The summed E-state index contributed by atoms with van der Waals surface area (Å²) in [6, 6.07) is 0.465. The molecule has 0 aliphatic carbocycles. The molecule has 3 rings (SSSR count). The molecule has 2 unspecified atom stereocenters. The molecule has 0 radical (unpaired) electrons. The van der Waals surface area contributed by atoms with Crippen molar-refractivity contribution in [2.45, 2.75) is 31.9 Å². The molecule has 2 fully saturated rings.